The minimum Gasteiger partial charge on any atom is -0.481 e. The number of hydrogen-bond acceptors (Lipinski definition) is 5. The van der Waals surface area contributed by atoms with Crippen LogP contribution in [-0.2, 0) is 14.3 Å². The van der Waals surface area contributed by atoms with Crippen molar-refractivity contribution in [2.24, 2.45) is 5.73 Å². The lowest BCUT2D eigenvalue weighted by Crippen LogP contribution is -2.24. The van der Waals surface area contributed by atoms with Crippen LogP contribution in [0.1, 0.15) is 10.4 Å². The maximum atomic E-state index is 12.9. The zero-order chi connectivity index (χ0) is 19.1. The summed E-state index contributed by atoms with van der Waals surface area (Å²) in [5, 5.41) is 2.38. The molecule has 0 saturated carbocycles. The Morgan fingerprint density at radius 2 is 1.85 bits per heavy atom. The van der Waals surface area contributed by atoms with Crippen LogP contribution in [0.2, 0.25) is 5.02 Å². The Labute approximate surface area is 152 Å². The number of rotatable bonds is 7. The van der Waals surface area contributed by atoms with Gasteiger partial charge in [0, 0.05) is 0 Å². The molecule has 0 spiro atoms. The van der Waals surface area contributed by atoms with Crippen molar-refractivity contribution in [3.63, 3.8) is 0 Å². The standard InChI is InChI=1S/C17H14ClFN2O5/c18-12-7-10(19)5-6-13(12)21-15(22)8-26-16(23)9-25-14-4-2-1-3-11(14)17(20)24/h1-7H,8-9H2,(H2,20,24)(H,21,22). The first-order chi connectivity index (χ1) is 12.4. The van der Waals surface area contributed by atoms with E-state index < -0.39 is 36.8 Å². The second kappa shape index (κ2) is 8.82. The molecule has 26 heavy (non-hydrogen) atoms. The number of anilines is 1. The first-order valence-corrected chi connectivity index (χ1v) is 7.67. The summed E-state index contributed by atoms with van der Waals surface area (Å²) in [5.74, 6) is -2.62. The minimum atomic E-state index is -0.829. The number of ether oxygens (including phenoxy) is 2. The summed E-state index contributed by atoms with van der Waals surface area (Å²) in [7, 11) is 0. The monoisotopic (exact) mass is 380 g/mol. The highest BCUT2D eigenvalue weighted by atomic mass is 35.5. The third kappa shape index (κ3) is 5.45. The van der Waals surface area contributed by atoms with Crippen molar-refractivity contribution in [3.05, 3.63) is 58.9 Å². The fourth-order valence-corrected chi connectivity index (χ4v) is 2.11. The smallest absolute Gasteiger partial charge is 0.344 e. The Hall–Kier alpha value is -3.13. The van der Waals surface area contributed by atoms with E-state index in [9.17, 15) is 18.8 Å². The molecular weight excluding hydrogens is 367 g/mol. The lowest BCUT2D eigenvalue weighted by molar-refractivity contribution is -0.149. The van der Waals surface area contributed by atoms with E-state index >= 15 is 0 Å². The lowest BCUT2D eigenvalue weighted by Gasteiger charge is -2.10. The number of para-hydroxylation sites is 1. The molecule has 0 atom stereocenters. The van der Waals surface area contributed by atoms with Gasteiger partial charge in [-0.15, -0.1) is 0 Å². The van der Waals surface area contributed by atoms with Crippen molar-refractivity contribution in [3.8, 4) is 5.75 Å². The van der Waals surface area contributed by atoms with Gasteiger partial charge in [0.05, 0.1) is 16.3 Å². The van der Waals surface area contributed by atoms with Gasteiger partial charge in [-0.3, -0.25) is 9.59 Å². The summed E-state index contributed by atoms with van der Waals surface area (Å²) < 4.78 is 22.9. The Balaban J connectivity index is 1.81. The fourth-order valence-electron chi connectivity index (χ4n) is 1.90. The van der Waals surface area contributed by atoms with Crippen LogP contribution in [0.4, 0.5) is 10.1 Å². The molecule has 0 bridgehead atoms. The van der Waals surface area contributed by atoms with Crippen molar-refractivity contribution in [1.82, 2.24) is 0 Å². The van der Waals surface area contributed by atoms with Crippen molar-refractivity contribution in [2.75, 3.05) is 18.5 Å². The van der Waals surface area contributed by atoms with Crippen molar-refractivity contribution < 1.29 is 28.2 Å². The lowest BCUT2D eigenvalue weighted by atomic mass is 10.2. The molecular formula is C17H14ClFN2O5. The summed E-state index contributed by atoms with van der Waals surface area (Å²) >= 11 is 5.77. The summed E-state index contributed by atoms with van der Waals surface area (Å²) in [4.78, 5) is 34.6. The number of nitrogens with one attached hydrogen (secondary N) is 1. The van der Waals surface area contributed by atoms with Crippen LogP contribution in [0, 0.1) is 5.82 Å². The second-order valence-corrected chi connectivity index (χ2v) is 5.39. The number of esters is 1. The highest BCUT2D eigenvalue weighted by Gasteiger charge is 2.13. The first-order valence-electron chi connectivity index (χ1n) is 7.29. The van der Waals surface area contributed by atoms with Gasteiger partial charge in [-0.2, -0.15) is 0 Å². The molecule has 0 aliphatic rings. The number of nitrogens with two attached hydrogens (primary N) is 1. The Morgan fingerprint density at radius 3 is 2.54 bits per heavy atom. The summed E-state index contributed by atoms with van der Waals surface area (Å²) in [6.45, 7) is -1.11. The van der Waals surface area contributed by atoms with Gasteiger partial charge in [0.15, 0.2) is 13.2 Å². The van der Waals surface area contributed by atoms with Crippen molar-refractivity contribution >= 4 is 35.1 Å². The minimum absolute atomic E-state index is 0.0102. The van der Waals surface area contributed by atoms with E-state index in [-0.39, 0.29) is 22.0 Å². The quantitative estimate of drug-likeness (QED) is 0.715. The number of carbonyl (C=O) groups excluding carboxylic acids is 3. The molecule has 7 nitrogen and oxygen atoms in total. The van der Waals surface area contributed by atoms with Crippen LogP contribution < -0.4 is 15.8 Å². The number of amides is 2. The number of hydrogen-bond donors (Lipinski definition) is 2. The normalized spacial score (nSPS) is 10.1. The molecule has 0 saturated heterocycles. The highest BCUT2D eigenvalue weighted by Crippen LogP contribution is 2.22. The fraction of sp³-hybridized carbons (Fsp3) is 0.118. The molecule has 3 N–H and O–H groups in total. The Morgan fingerprint density at radius 1 is 1.12 bits per heavy atom. The van der Waals surface area contributed by atoms with Crippen LogP contribution in [0.3, 0.4) is 0 Å². The number of benzene rings is 2. The number of primary amides is 1. The molecule has 0 radical (unpaired) electrons. The van der Waals surface area contributed by atoms with Gasteiger partial charge < -0.3 is 20.5 Å². The van der Waals surface area contributed by atoms with E-state index in [0.717, 1.165) is 12.1 Å². The molecule has 0 aromatic heterocycles. The largest absolute Gasteiger partial charge is 0.481 e. The van der Waals surface area contributed by atoms with Crippen LogP contribution in [0.5, 0.6) is 5.75 Å². The molecule has 0 aliphatic carbocycles. The van der Waals surface area contributed by atoms with Crippen LogP contribution in [0.25, 0.3) is 0 Å². The van der Waals surface area contributed by atoms with Gasteiger partial charge in [0.2, 0.25) is 0 Å². The molecule has 0 heterocycles. The maximum absolute atomic E-state index is 12.9. The molecule has 9 heteroatoms. The molecule has 0 aliphatic heterocycles. The molecule has 2 amide bonds. The molecule has 0 fully saturated rings. The molecule has 2 aromatic rings. The van der Waals surface area contributed by atoms with Gasteiger partial charge in [-0.25, -0.2) is 9.18 Å². The zero-order valence-electron chi connectivity index (χ0n) is 13.3. The first kappa shape index (κ1) is 19.2. The van der Waals surface area contributed by atoms with Crippen LogP contribution in [0.15, 0.2) is 42.5 Å². The van der Waals surface area contributed by atoms with Gasteiger partial charge in [-0.1, -0.05) is 23.7 Å². The number of halogens is 2. The van der Waals surface area contributed by atoms with Crippen molar-refractivity contribution in [1.29, 1.82) is 0 Å². The summed E-state index contributed by atoms with van der Waals surface area (Å²) in [6, 6.07) is 9.55. The molecule has 2 aromatic carbocycles. The van der Waals surface area contributed by atoms with Crippen molar-refractivity contribution in [2.45, 2.75) is 0 Å². The zero-order valence-corrected chi connectivity index (χ0v) is 14.1. The third-order valence-corrected chi connectivity index (χ3v) is 3.38. The van der Waals surface area contributed by atoms with E-state index in [1.165, 1.54) is 18.2 Å². The molecule has 136 valence electrons. The molecule has 0 unspecified atom stereocenters. The van der Waals surface area contributed by atoms with Gasteiger partial charge in [0.1, 0.15) is 11.6 Å². The summed E-state index contributed by atoms with van der Waals surface area (Å²) in [6.07, 6.45) is 0. The topological polar surface area (TPSA) is 108 Å². The third-order valence-electron chi connectivity index (χ3n) is 3.07. The van der Waals surface area contributed by atoms with E-state index in [0.29, 0.717) is 0 Å². The van der Waals surface area contributed by atoms with E-state index in [1.54, 1.807) is 12.1 Å². The SMILES string of the molecule is NC(=O)c1ccccc1OCC(=O)OCC(=O)Nc1ccc(F)cc1Cl. The van der Waals surface area contributed by atoms with Gasteiger partial charge >= 0.3 is 5.97 Å². The second-order valence-electron chi connectivity index (χ2n) is 4.98. The molecule has 2 rings (SSSR count). The van der Waals surface area contributed by atoms with Crippen LogP contribution in [-0.4, -0.2) is 31.0 Å². The average molecular weight is 381 g/mol. The van der Waals surface area contributed by atoms with E-state index in [1.807, 2.05) is 0 Å². The Kier molecular flexibility index (Phi) is 6.51. The predicted molar refractivity (Wildman–Crippen MR) is 91.5 cm³/mol. The average Bonchev–Trinajstić information content (AvgIpc) is 2.60. The van der Waals surface area contributed by atoms with Crippen LogP contribution >= 0.6 is 11.6 Å². The predicted octanol–water partition coefficient (Wildman–Crippen LogP) is 2.14. The van der Waals surface area contributed by atoms with E-state index in [4.69, 9.17) is 26.8 Å². The maximum Gasteiger partial charge on any atom is 0.344 e. The number of carbonyl (C=O) groups is 3. The van der Waals surface area contributed by atoms with Gasteiger partial charge in [0.25, 0.3) is 11.8 Å². The van der Waals surface area contributed by atoms with E-state index in [2.05, 4.69) is 5.32 Å². The Bertz CT molecular complexity index is 844. The highest BCUT2D eigenvalue weighted by molar-refractivity contribution is 6.33. The van der Waals surface area contributed by atoms with Gasteiger partial charge in [-0.05, 0) is 30.3 Å². The summed E-state index contributed by atoms with van der Waals surface area (Å²) in [5.41, 5.74) is 5.49.